The molecule has 0 spiro atoms. The molecular weight excluding hydrogens is 280 g/mol. The molecule has 1 atom stereocenters. The number of amides is 3. The van der Waals surface area contributed by atoms with Crippen molar-refractivity contribution in [2.24, 2.45) is 0 Å². The summed E-state index contributed by atoms with van der Waals surface area (Å²) in [5.74, 6) is -0.255. The second-order valence-electron chi connectivity index (χ2n) is 5.67. The minimum Gasteiger partial charge on any atom is -0.334 e. The molecule has 22 heavy (non-hydrogen) atoms. The average molecular weight is 304 g/mol. The van der Waals surface area contributed by atoms with Crippen LogP contribution in [-0.2, 0) is 11.3 Å². The normalized spacial score (nSPS) is 17.7. The molecule has 0 saturated carbocycles. The van der Waals surface area contributed by atoms with Crippen LogP contribution in [0.2, 0.25) is 0 Å². The van der Waals surface area contributed by atoms with E-state index in [0.29, 0.717) is 6.54 Å². The van der Waals surface area contributed by atoms with Gasteiger partial charge in [-0.2, -0.15) is 0 Å². The highest BCUT2D eigenvalue weighted by atomic mass is 16.2. The average Bonchev–Trinajstić information content (AvgIpc) is 2.54. The lowest BCUT2D eigenvalue weighted by Gasteiger charge is -2.35. The molecule has 3 amide bonds. The van der Waals surface area contributed by atoms with Crippen molar-refractivity contribution in [1.29, 1.82) is 0 Å². The number of benzene rings is 1. The highest BCUT2D eigenvalue weighted by Gasteiger charge is 2.25. The van der Waals surface area contributed by atoms with Crippen molar-refractivity contribution in [3.05, 3.63) is 35.9 Å². The van der Waals surface area contributed by atoms with Gasteiger partial charge in [0.15, 0.2) is 0 Å². The highest BCUT2D eigenvalue weighted by Crippen LogP contribution is 2.05. The van der Waals surface area contributed by atoms with Gasteiger partial charge in [-0.25, -0.2) is 4.79 Å². The maximum Gasteiger partial charge on any atom is 0.321 e. The van der Waals surface area contributed by atoms with Crippen LogP contribution in [0.1, 0.15) is 12.5 Å². The number of urea groups is 1. The Hall–Kier alpha value is -1.92. The molecule has 2 N–H and O–H groups in total. The lowest BCUT2D eigenvalue weighted by molar-refractivity contribution is -0.125. The summed E-state index contributed by atoms with van der Waals surface area (Å²) in [5, 5.41) is 5.11. The number of hydrogen-bond donors (Lipinski definition) is 2. The number of imide groups is 1. The predicted molar refractivity (Wildman–Crippen MR) is 85.4 cm³/mol. The molecule has 0 radical (unpaired) electrons. The van der Waals surface area contributed by atoms with E-state index in [-0.39, 0.29) is 11.9 Å². The van der Waals surface area contributed by atoms with Crippen LogP contribution in [0.5, 0.6) is 0 Å². The van der Waals surface area contributed by atoms with Crippen molar-refractivity contribution in [2.45, 2.75) is 19.5 Å². The summed E-state index contributed by atoms with van der Waals surface area (Å²) >= 11 is 0. The highest BCUT2D eigenvalue weighted by molar-refractivity contribution is 5.96. The van der Waals surface area contributed by atoms with E-state index in [4.69, 9.17) is 0 Å². The van der Waals surface area contributed by atoms with Crippen molar-refractivity contribution in [2.75, 3.05) is 33.2 Å². The fourth-order valence-corrected chi connectivity index (χ4v) is 2.41. The third-order valence-electron chi connectivity index (χ3n) is 4.00. The molecule has 1 aliphatic heterocycles. The molecule has 1 fully saturated rings. The van der Waals surface area contributed by atoms with Crippen LogP contribution in [0.15, 0.2) is 30.3 Å². The van der Waals surface area contributed by atoms with Crippen LogP contribution in [0.3, 0.4) is 0 Å². The zero-order chi connectivity index (χ0) is 15.9. The summed E-state index contributed by atoms with van der Waals surface area (Å²) in [5.41, 5.74) is 0.997. The zero-order valence-corrected chi connectivity index (χ0v) is 13.2. The predicted octanol–water partition coefficient (Wildman–Crippen LogP) is 0.648. The fraction of sp³-hybridized carbons (Fsp3) is 0.500. The minimum absolute atomic E-state index is 0.255. The van der Waals surface area contributed by atoms with Crippen molar-refractivity contribution >= 4 is 11.9 Å². The Bertz CT molecular complexity index is 498. The Morgan fingerprint density at radius 1 is 1.14 bits per heavy atom. The van der Waals surface area contributed by atoms with Crippen LogP contribution >= 0.6 is 0 Å². The fourth-order valence-electron chi connectivity index (χ4n) is 2.41. The smallest absolute Gasteiger partial charge is 0.321 e. The van der Waals surface area contributed by atoms with Crippen LogP contribution in [0.25, 0.3) is 0 Å². The van der Waals surface area contributed by atoms with Gasteiger partial charge in [-0.1, -0.05) is 30.3 Å². The molecule has 0 aliphatic carbocycles. The van der Waals surface area contributed by atoms with E-state index in [1.165, 1.54) is 0 Å². The molecular formula is C16H24N4O2. The van der Waals surface area contributed by atoms with Gasteiger partial charge in [0.25, 0.3) is 0 Å². The van der Waals surface area contributed by atoms with Crippen LogP contribution in [0.4, 0.5) is 4.79 Å². The summed E-state index contributed by atoms with van der Waals surface area (Å²) in [6.45, 7) is 5.82. The van der Waals surface area contributed by atoms with Crippen molar-refractivity contribution in [3.8, 4) is 0 Å². The van der Waals surface area contributed by atoms with Gasteiger partial charge in [0.05, 0.1) is 6.04 Å². The molecule has 0 aromatic heterocycles. The summed E-state index contributed by atoms with van der Waals surface area (Å²) in [6.07, 6.45) is 0. The van der Waals surface area contributed by atoms with E-state index in [1.807, 2.05) is 37.3 Å². The van der Waals surface area contributed by atoms with E-state index in [2.05, 4.69) is 27.5 Å². The van der Waals surface area contributed by atoms with Gasteiger partial charge >= 0.3 is 6.03 Å². The molecule has 1 aliphatic rings. The lowest BCUT2D eigenvalue weighted by Crippen LogP contribution is -2.54. The van der Waals surface area contributed by atoms with E-state index in [9.17, 15) is 9.59 Å². The van der Waals surface area contributed by atoms with Crippen molar-refractivity contribution < 1.29 is 9.59 Å². The number of piperazine rings is 1. The van der Waals surface area contributed by atoms with Gasteiger partial charge in [-0.3, -0.25) is 15.0 Å². The Labute approximate surface area is 131 Å². The summed E-state index contributed by atoms with van der Waals surface area (Å²) < 4.78 is 0. The number of carbonyl (C=O) groups is 2. The first-order valence-corrected chi connectivity index (χ1v) is 7.61. The van der Waals surface area contributed by atoms with Crippen molar-refractivity contribution in [1.82, 2.24) is 20.4 Å². The van der Waals surface area contributed by atoms with Gasteiger partial charge in [0.2, 0.25) is 5.91 Å². The van der Waals surface area contributed by atoms with E-state index < -0.39 is 6.03 Å². The topological polar surface area (TPSA) is 64.7 Å². The summed E-state index contributed by atoms with van der Waals surface area (Å²) in [4.78, 5) is 28.2. The largest absolute Gasteiger partial charge is 0.334 e. The number of nitrogens with zero attached hydrogens (tertiary/aromatic N) is 2. The molecule has 1 aromatic carbocycles. The van der Waals surface area contributed by atoms with E-state index >= 15 is 0 Å². The monoisotopic (exact) mass is 304 g/mol. The maximum absolute atomic E-state index is 12.1. The van der Waals surface area contributed by atoms with Gasteiger partial charge in [-0.05, 0) is 19.5 Å². The standard InChI is InChI=1S/C16H24N4O2/c1-13(20-10-8-19(2)9-11-20)15(21)18-16(22)17-12-14-6-4-3-5-7-14/h3-7,13H,8-12H2,1-2H3,(H2,17,18,21,22)/t13-/m1/s1. The van der Waals surface area contributed by atoms with Crippen LogP contribution in [0, 0.1) is 0 Å². The molecule has 0 bridgehead atoms. The van der Waals surface area contributed by atoms with Crippen LogP contribution < -0.4 is 10.6 Å². The molecule has 6 heteroatoms. The Balaban J connectivity index is 1.74. The molecule has 120 valence electrons. The quantitative estimate of drug-likeness (QED) is 0.857. The Kier molecular flexibility index (Phi) is 5.91. The molecule has 1 heterocycles. The number of hydrogen-bond acceptors (Lipinski definition) is 4. The molecule has 0 unspecified atom stereocenters. The third-order valence-corrected chi connectivity index (χ3v) is 4.00. The van der Waals surface area contributed by atoms with Crippen molar-refractivity contribution in [3.63, 3.8) is 0 Å². The zero-order valence-electron chi connectivity index (χ0n) is 13.2. The molecule has 6 nitrogen and oxygen atoms in total. The summed E-state index contributed by atoms with van der Waals surface area (Å²) in [6, 6.07) is 8.85. The summed E-state index contributed by atoms with van der Waals surface area (Å²) in [7, 11) is 2.07. The molecule has 2 rings (SSSR count). The van der Waals surface area contributed by atoms with E-state index in [1.54, 1.807) is 0 Å². The first-order valence-electron chi connectivity index (χ1n) is 7.61. The van der Waals surface area contributed by atoms with Gasteiger partial charge in [0, 0.05) is 32.7 Å². The van der Waals surface area contributed by atoms with Gasteiger partial charge in [-0.15, -0.1) is 0 Å². The molecule has 1 saturated heterocycles. The first-order chi connectivity index (χ1) is 10.6. The molecule has 1 aromatic rings. The second-order valence-corrected chi connectivity index (χ2v) is 5.67. The third kappa shape index (κ3) is 4.82. The number of likely N-dealkylation sites (N-methyl/N-ethyl adjacent to an activating group) is 1. The number of carbonyl (C=O) groups excluding carboxylic acids is 2. The van der Waals surface area contributed by atoms with Gasteiger partial charge < -0.3 is 10.2 Å². The number of nitrogens with one attached hydrogen (secondary N) is 2. The van der Waals surface area contributed by atoms with Gasteiger partial charge in [0.1, 0.15) is 0 Å². The second kappa shape index (κ2) is 7.91. The number of rotatable bonds is 4. The minimum atomic E-state index is -0.449. The van der Waals surface area contributed by atoms with E-state index in [0.717, 1.165) is 31.7 Å². The Morgan fingerprint density at radius 3 is 2.41 bits per heavy atom. The lowest BCUT2D eigenvalue weighted by atomic mass is 10.2. The maximum atomic E-state index is 12.1. The SMILES string of the molecule is C[C@H](C(=O)NC(=O)NCc1ccccc1)N1CCN(C)CC1. The Morgan fingerprint density at radius 2 is 1.77 bits per heavy atom. The first kappa shape index (κ1) is 16.5. The van der Waals surface area contributed by atoms with Crippen LogP contribution in [-0.4, -0.2) is 61.0 Å².